The number of esters is 1. The van der Waals surface area contributed by atoms with Gasteiger partial charge in [-0.25, -0.2) is 4.57 Å². The van der Waals surface area contributed by atoms with Gasteiger partial charge in [-0.05, 0) is 71.3 Å². The van der Waals surface area contributed by atoms with Gasteiger partial charge in [-0.15, -0.1) is 0 Å². The molecule has 308 valence electrons. The molecule has 3 N–H and O–H groups in total. The molecule has 1 unspecified atom stereocenters. The van der Waals surface area contributed by atoms with Gasteiger partial charge in [-0.2, -0.15) is 0 Å². The summed E-state index contributed by atoms with van der Waals surface area (Å²) in [5.74, 6) is -0.886. The highest BCUT2D eigenvalue weighted by Crippen LogP contribution is 2.42. The van der Waals surface area contributed by atoms with Gasteiger partial charge < -0.3 is 20.1 Å². The van der Waals surface area contributed by atoms with Crippen molar-refractivity contribution in [1.82, 2.24) is 5.32 Å². The van der Waals surface area contributed by atoms with E-state index in [1.54, 1.807) is 7.05 Å². The van der Waals surface area contributed by atoms with Crippen LogP contribution in [0.1, 0.15) is 200 Å². The van der Waals surface area contributed by atoms with Crippen molar-refractivity contribution in [2.75, 3.05) is 33.4 Å². The average Bonchev–Trinajstić information content (AvgIpc) is 3.11. The van der Waals surface area contributed by atoms with Crippen molar-refractivity contribution in [2.45, 2.75) is 200 Å². The number of carboxylic acids is 1. The predicted octanol–water partition coefficient (Wildman–Crippen LogP) is 12.4. The van der Waals surface area contributed by atoms with Crippen LogP contribution in [0.3, 0.4) is 0 Å². The molecule has 0 amide bonds. The van der Waals surface area contributed by atoms with Gasteiger partial charge in [-0.3, -0.25) is 18.6 Å². The number of phosphoric acid groups is 1. The van der Waals surface area contributed by atoms with Crippen molar-refractivity contribution in [3.63, 3.8) is 0 Å². The Morgan fingerprint density at radius 3 is 1.35 bits per heavy atom. The number of likely N-dealkylation sites (N-methyl/N-ethyl adjacent to an activating group) is 1. The second kappa shape index (κ2) is 43.9. The molecule has 0 bridgehead atoms. The van der Waals surface area contributed by atoms with Crippen molar-refractivity contribution >= 4 is 19.8 Å². The van der Waals surface area contributed by atoms with E-state index >= 15 is 0 Å². The highest BCUT2D eigenvalue weighted by molar-refractivity contribution is 7.47. The van der Waals surface area contributed by atoms with Crippen LogP contribution in [-0.2, 0) is 27.9 Å². The minimum atomic E-state index is -4.02. The molecule has 0 spiro atoms. The van der Waals surface area contributed by atoms with Crippen LogP contribution in [0.5, 0.6) is 0 Å². The van der Waals surface area contributed by atoms with E-state index < -0.39 is 13.8 Å². The maximum atomic E-state index is 11.7. The summed E-state index contributed by atoms with van der Waals surface area (Å²) in [5.41, 5.74) is 0. The topological polar surface area (TPSA) is 131 Å². The fraction of sp³-hybridized carbons (Fsp3) is 0.857. The number of unbranched alkanes of at least 4 members (excludes halogenated alkanes) is 22. The van der Waals surface area contributed by atoms with Crippen molar-refractivity contribution in [3.05, 3.63) is 24.3 Å². The summed E-state index contributed by atoms with van der Waals surface area (Å²) >= 11 is 0. The van der Waals surface area contributed by atoms with Gasteiger partial charge in [0.15, 0.2) is 0 Å². The number of carbonyl (C=O) groups is 2. The van der Waals surface area contributed by atoms with Crippen LogP contribution in [0.2, 0.25) is 0 Å². The van der Waals surface area contributed by atoms with Gasteiger partial charge in [0.2, 0.25) is 0 Å². The number of hydrogen-bond acceptors (Lipinski definition) is 7. The molecule has 0 aliphatic heterocycles. The molecular formula is C42H82NO8P. The third-order valence-corrected chi connectivity index (χ3v) is 9.73. The Balaban J connectivity index is 0. The first-order valence-corrected chi connectivity index (χ1v) is 22.7. The van der Waals surface area contributed by atoms with E-state index in [4.69, 9.17) is 18.9 Å². The number of hydrogen-bond donors (Lipinski definition) is 3. The van der Waals surface area contributed by atoms with E-state index in [-0.39, 0.29) is 25.8 Å². The average molecular weight is 760 g/mol. The molecule has 0 radical (unpaired) electrons. The lowest BCUT2D eigenvalue weighted by molar-refractivity contribution is -0.144. The molecule has 10 heteroatoms. The number of carboxylic acid groups (broad SMARTS) is 1. The smallest absolute Gasteiger partial charge is 0.472 e. The van der Waals surface area contributed by atoms with E-state index in [1.807, 2.05) is 0 Å². The Kier molecular flexibility index (Phi) is 44.4. The van der Waals surface area contributed by atoms with Crippen LogP contribution in [-0.4, -0.2) is 55.4 Å². The number of phosphoric ester groups is 1. The third kappa shape index (κ3) is 48.5. The predicted molar refractivity (Wildman–Crippen MR) is 218 cm³/mol. The van der Waals surface area contributed by atoms with E-state index in [0.717, 1.165) is 38.5 Å². The van der Waals surface area contributed by atoms with Crippen LogP contribution in [0.25, 0.3) is 0 Å². The van der Waals surface area contributed by atoms with Crippen LogP contribution in [0, 0.1) is 0 Å². The summed E-state index contributed by atoms with van der Waals surface area (Å²) in [4.78, 5) is 31.5. The maximum absolute atomic E-state index is 11.7. The van der Waals surface area contributed by atoms with Crippen LogP contribution in [0.4, 0.5) is 0 Å². The van der Waals surface area contributed by atoms with E-state index in [1.165, 1.54) is 128 Å². The van der Waals surface area contributed by atoms with E-state index in [9.17, 15) is 19.0 Å². The standard InChI is InChI=1S/C24H48NO6P.C18H34O2/c1-3-4-5-6-7-8-9-10-11-12-13-14-15-16-17-19-24(26)29-21-18-22-30-32(27,28)31-23-20-25-2;1-2-3-4-5-6-7-8-9-10-11-12-13-14-15-16-17-18(19)20/h10-11,25H,3-9,12-23H2,1-2H3,(H,27,28);9-10H,2-8,11-17H2,1H3,(H,19,20)/b11-10-;10-9-. The lowest BCUT2D eigenvalue weighted by Crippen LogP contribution is -2.14. The maximum Gasteiger partial charge on any atom is 0.472 e. The number of rotatable bonds is 39. The molecule has 0 fully saturated rings. The molecule has 1 atom stereocenters. The number of ether oxygens (including phenoxy) is 1. The molecule has 0 aliphatic carbocycles. The molecule has 0 aliphatic rings. The first-order chi connectivity index (χ1) is 25.3. The summed E-state index contributed by atoms with van der Waals surface area (Å²) in [6, 6.07) is 0. The second-order valence-corrected chi connectivity index (χ2v) is 15.3. The normalized spacial score (nSPS) is 12.6. The first-order valence-electron chi connectivity index (χ1n) is 21.2. The first kappa shape index (κ1) is 52.6. The zero-order chi connectivity index (χ0) is 38.6. The van der Waals surface area contributed by atoms with Crippen LogP contribution in [0.15, 0.2) is 24.3 Å². The summed E-state index contributed by atoms with van der Waals surface area (Å²) in [6.07, 6.45) is 42.6. The molecule has 0 saturated carbocycles. The van der Waals surface area contributed by atoms with Crippen molar-refractivity contribution in [2.24, 2.45) is 0 Å². The molecule has 0 aromatic rings. The Bertz CT molecular complexity index is 867. The molecule has 0 heterocycles. The molecular weight excluding hydrogens is 677 g/mol. The molecule has 0 aromatic carbocycles. The van der Waals surface area contributed by atoms with Crippen molar-refractivity contribution in [3.8, 4) is 0 Å². The third-order valence-electron chi connectivity index (χ3n) is 8.71. The van der Waals surface area contributed by atoms with Gasteiger partial charge >= 0.3 is 19.8 Å². The molecule has 0 aromatic heterocycles. The number of aliphatic carboxylic acids is 1. The molecule has 9 nitrogen and oxygen atoms in total. The van der Waals surface area contributed by atoms with Gasteiger partial charge in [0.05, 0.1) is 19.8 Å². The largest absolute Gasteiger partial charge is 0.481 e. The summed E-state index contributed by atoms with van der Waals surface area (Å²) in [6.45, 7) is 5.25. The number of nitrogens with one attached hydrogen (secondary N) is 1. The minimum absolute atomic E-state index is 0.00795. The Morgan fingerprint density at radius 1 is 0.538 bits per heavy atom. The zero-order valence-electron chi connectivity index (χ0n) is 33.9. The Labute approximate surface area is 320 Å². The fourth-order valence-corrected chi connectivity index (χ4v) is 6.24. The summed E-state index contributed by atoms with van der Waals surface area (Å²) in [5, 5.41) is 11.3. The fourth-order valence-electron chi connectivity index (χ4n) is 5.48. The van der Waals surface area contributed by atoms with Gasteiger partial charge in [0.1, 0.15) is 0 Å². The molecule has 0 rings (SSSR count). The van der Waals surface area contributed by atoms with Gasteiger partial charge in [0, 0.05) is 25.8 Å². The van der Waals surface area contributed by atoms with Gasteiger partial charge in [0.25, 0.3) is 0 Å². The van der Waals surface area contributed by atoms with Crippen LogP contribution >= 0.6 is 7.82 Å². The van der Waals surface area contributed by atoms with E-state index in [2.05, 4.69) is 43.5 Å². The summed E-state index contributed by atoms with van der Waals surface area (Å²) < 4.78 is 26.2. The quantitative estimate of drug-likeness (QED) is 0.0242. The molecule has 52 heavy (non-hydrogen) atoms. The second-order valence-electron chi connectivity index (χ2n) is 13.9. The Morgan fingerprint density at radius 2 is 0.923 bits per heavy atom. The highest BCUT2D eigenvalue weighted by Gasteiger charge is 2.20. The highest BCUT2D eigenvalue weighted by atomic mass is 31.2. The van der Waals surface area contributed by atoms with E-state index in [0.29, 0.717) is 25.8 Å². The minimum Gasteiger partial charge on any atom is -0.481 e. The van der Waals surface area contributed by atoms with Crippen molar-refractivity contribution < 1.29 is 37.9 Å². The molecule has 0 saturated heterocycles. The van der Waals surface area contributed by atoms with Crippen LogP contribution < -0.4 is 5.32 Å². The lowest BCUT2D eigenvalue weighted by atomic mass is 10.1. The van der Waals surface area contributed by atoms with Gasteiger partial charge in [-0.1, -0.05) is 141 Å². The number of carbonyl (C=O) groups excluding carboxylic acids is 1. The lowest BCUT2D eigenvalue weighted by Gasteiger charge is -2.12. The number of allylic oxidation sites excluding steroid dienone is 4. The summed E-state index contributed by atoms with van der Waals surface area (Å²) in [7, 11) is -2.30. The SMILES string of the molecule is CCCCCCCC/C=C\CCCCCCCC(=O)O.CCCCCCCC/C=C\CCCCCCCC(=O)OCCCOP(=O)(O)OCCNC. The zero-order valence-corrected chi connectivity index (χ0v) is 34.8. The Hall–Kier alpha value is -1.51. The van der Waals surface area contributed by atoms with Crippen molar-refractivity contribution in [1.29, 1.82) is 0 Å². The monoisotopic (exact) mass is 760 g/mol.